The molecule has 0 unspecified atom stereocenters. The van der Waals surface area contributed by atoms with Gasteiger partial charge in [0.15, 0.2) is 0 Å². The maximum Gasteiger partial charge on any atom is 0.227 e. The first-order valence-corrected chi connectivity index (χ1v) is 6.46. The van der Waals surface area contributed by atoms with E-state index >= 15 is 0 Å². The Hall–Kier alpha value is -1.99. The first-order valence-electron chi connectivity index (χ1n) is 5.70. The SMILES string of the molecule is Clc1cnc(-c2noc(CCc3ncn[nH]3)n2)c(Cl)c1. The van der Waals surface area contributed by atoms with E-state index in [0.29, 0.717) is 40.3 Å². The van der Waals surface area contributed by atoms with Crippen LogP contribution in [0, 0.1) is 0 Å². The van der Waals surface area contributed by atoms with Crippen molar-refractivity contribution in [3.8, 4) is 11.5 Å². The Morgan fingerprint density at radius 1 is 1.20 bits per heavy atom. The van der Waals surface area contributed by atoms with Gasteiger partial charge in [0.1, 0.15) is 17.8 Å². The highest BCUT2D eigenvalue weighted by molar-refractivity contribution is 6.35. The van der Waals surface area contributed by atoms with Crippen LogP contribution >= 0.6 is 23.2 Å². The number of halogens is 2. The Bertz CT molecular complexity index is 712. The first-order chi connectivity index (χ1) is 9.72. The molecule has 1 N–H and O–H groups in total. The first kappa shape index (κ1) is 13.0. The second kappa shape index (κ2) is 5.56. The van der Waals surface area contributed by atoms with Gasteiger partial charge in [-0.1, -0.05) is 28.4 Å². The lowest BCUT2D eigenvalue weighted by Gasteiger charge is -1.97. The van der Waals surface area contributed by atoms with E-state index in [4.69, 9.17) is 27.7 Å². The number of nitrogens with one attached hydrogen (secondary N) is 1. The van der Waals surface area contributed by atoms with Crippen molar-refractivity contribution >= 4 is 23.2 Å². The monoisotopic (exact) mass is 310 g/mol. The van der Waals surface area contributed by atoms with Crippen molar-refractivity contribution in [3.63, 3.8) is 0 Å². The molecule has 9 heteroatoms. The second-order valence-corrected chi connectivity index (χ2v) is 4.77. The van der Waals surface area contributed by atoms with Gasteiger partial charge >= 0.3 is 0 Å². The van der Waals surface area contributed by atoms with Crippen molar-refractivity contribution in [1.29, 1.82) is 0 Å². The number of H-pyrrole nitrogens is 1. The molecule has 0 atom stereocenters. The molecule has 0 bridgehead atoms. The molecular weight excluding hydrogens is 303 g/mol. The van der Waals surface area contributed by atoms with E-state index in [1.165, 1.54) is 12.5 Å². The lowest BCUT2D eigenvalue weighted by atomic mass is 10.3. The van der Waals surface area contributed by atoms with Crippen molar-refractivity contribution in [2.24, 2.45) is 0 Å². The molecule has 0 saturated carbocycles. The van der Waals surface area contributed by atoms with Crippen molar-refractivity contribution in [1.82, 2.24) is 30.3 Å². The van der Waals surface area contributed by atoms with Gasteiger partial charge in [0, 0.05) is 19.0 Å². The van der Waals surface area contributed by atoms with Crippen LogP contribution in [0.4, 0.5) is 0 Å². The van der Waals surface area contributed by atoms with E-state index in [2.05, 4.69) is 30.3 Å². The highest BCUT2D eigenvalue weighted by Crippen LogP contribution is 2.25. The van der Waals surface area contributed by atoms with Crippen LogP contribution in [0.25, 0.3) is 11.5 Å². The summed E-state index contributed by atoms with van der Waals surface area (Å²) in [6.07, 6.45) is 4.11. The number of aromatic nitrogens is 6. The summed E-state index contributed by atoms with van der Waals surface area (Å²) in [5.41, 5.74) is 0.436. The Kier molecular flexibility index (Phi) is 3.62. The smallest absolute Gasteiger partial charge is 0.227 e. The molecule has 0 aliphatic rings. The van der Waals surface area contributed by atoms with E-state index < -0.39 is 0 Å². The summed E-state index contributed by atoms with van der Waals surface area (Å²) in [7, 11) is 0. The molecule has 0 spiro atoms. The molecule has 0 fully saturated rings. The summed E-state index contributed by atoms with van der Waals surface area (Å²) in [6.45, 7) is 0. The molecule has 0 aliphatic heterocycles. The van der Waals surface area contributed by atoms with Crippen molar-refractivity contribution < 1.29 is 4.52 Å². The second-order valence-electron chi connectivity index (χ2n) is 3.93. The number of nitrogens with zero attached hydrogens (tertiary/aromatic N) is 5. The summed E-state index contributed by atoms with van der Waals surface area (Å²) in [5, 5.41) is 11.2. The predicted molar refractivity (Wildman–Crippen MR) is 71.3 cm³/mol. The van der Waals surface area contributed by atoms with Crippen LogP contribution in [0.3, 0.4) is 0 Å². The minimum atomic E-state index is 0.333. The van der Waals surface area contributed by atoms with Gasteiger partial charge in [-0.3, -0.25) is 5.10 Å². The fourth-order valence-corrected chi connectivity index (χ4v) is 2.07. The third-order valence-corrected chi connectivity index (χ3v) is 3.02. The van der Waals surface area contributed by atoms with Gasteiger partial charge in [0.25, 0.3) is 0 Å². The fourth-order valence-electron chi connectivity index (χ4n) is 1.61. The standard InChI is InChI=1S/C11H8Cl2N6O/c12-6-3-7(13)10(14-4-6)11-17-9(20-19-11)2-1-8-15-5-16-18-8/h3-5H,1-2H2,(H,15,16,18). The average molecular weight is 311 g/mol. The van der Waals surface area contributed by atoms with Gasteiger partial charge in [0.05, 0.1) is 10.0 Å². The van der Waals surface area contributed by atoms with Gasteiger partial charge in [-0.15, -0.1) is 0 Å². The largest absolute Gasteiger partial charge is 0.339 e. The highest BCUT2D eigenvalue weighted by atomic mass is 35.5. The Balaban J connectivity index is 1.76. The number of rotatable bonds is 4. The molecule has 3 heterocycles. The van der Waals surface area contributed by atoms with Crippen LogP contribution in [0.1, 0.15) is 11.7 Å². The number of aryl methyl sites for hydroxylation is 2. The van der Waals surface area contributed by atoms with Crippen molar-refractivity contribution in [2.75, 3.05) is 0 Å². The van der Waals surface area contributed by atoms with Crippen LogP contribution in [0.15, 0.2) is 23.1 Å². The molecule has 0 saturated heterocycles. The summed E-state index contributed by atoms with van der Waals surface area (Å²) >= 11 is 11.8. The molecule has 7 nitrogen and oxygen atoms in total. The maximum atomic E-state index is 6.04. The normalized spacial score (nSPS) is 10.9. The van der Waals surface area contributed by atoms with Crippen LogP contribution in [-0.2, 0) is 12.8 Å². The fraction of sp³-hybridized carbons (Fsp3) is 0.182. The van der Waals surface area contributed by atoms with E-state index in [0.717, 1.165) is 5.82 Å². The summed E-state index contributed by atoms with van der Waals surface area (Å²) in [5.74, 6) is 1.57. The van der Waals surface area contributed by atoms with Crippen molar-refractivity contribution in [2.45, 2.75) is 12.8 Å². The van der Waals surface area contributed by atoms with Crippen molar-refractivity contribution in [3.05, 3.63) is 40.4 Å². The molecule has 3 aromatic rings. The molecular formula is C11H8Cl2N6O. The topological polar surface area (TPSA) is 93.4 Å². The minimum absolute atomic E-state index is 0.333. The van der Waals surface area contributed by atoms with Crippen LogP contribution in [-0.4, -0.2) is 30.3 Å². The third kappa shape index (κ3) is 2.78. The predicted octanol–water partition coefficient (Wildman–Crippen LogP) is 2.34. The average Bonchev–Trinajstić information content (AvgIpc) is 3.07. The molecule has 20 heavy (non-hydrogen) atoms. The summed E-state index contributed by atoms with van der Waals surface area (Å²) < 4.78 is 5.15. The van der Waals surface area contributed by atoms with E-state index in [-0.39, 0.29) is 0 Å². The zero-order chi connectivity index (χ0) is 13.9. The lowest BCUT2D eigenvalue weighted by Crippen LogP contribution is -1.94. The molecule has 3 rings (SSSR count). The molecule has 0 radical (unpaired) electrons. The number of pyridine rings is 1. The van der Waals surface area contributed by atoms with E-state index in [9.17, 15) is 0 Å². The summed E-state index contributed by atoms with van der Waals surface area (Å²) in [4.78, 5) is 12.4. The van der Waals surface area contributed by atoms with E-state index in [1.54, 1.807) is 6.07 Å². The molecule has 0 amide bonds. The van der Waals surface area contributed by atoms with Gasteiger partial charge < -0.3 is 4.52 Å². The Morgan fingerprint density at radius 3 is 2.85 bits per heavy atom. The quantitative estimate of drug-likeness (QED) is 0.795. The molecule has 3 aromatic heterocycles. The Labute approximate surface area is 123 Å². The summed E-state index contributed by atoms with van der Waals surface area (Å²) in [6, 6.07) is 1.58. The number of hydrogen-bond acceptors (Lipinski definition) is 6. The van der Waals surface area contributed by atoms with Crippen LogP contribution < -0.4 is 0 Å². The maximum absolute atomic E-state index is 6.04. The minimum Gasteiger partial charge on any atom is -0.339 e. The zero-order valence-electron chi connectivity index (χ0n) is 10.0. The number of hydrogen-bond donors (Lipinski definition) is 1. The molecule has 0 aliphatic carbocycles. The van der Waals surface area contributed by atoms with Crippen LogP contribution in [0.5, 0.6) is 0 Å². The van der Waals surface area contributed by atoms with Gasteiger partial charge in [0.2, 0.25) is 11.7 Å². The van der Waals surface area contributed by atoms with Crippen LogP contribution in [0.2, 0.25) is 10.0 Å². The third-order valence-electron chi connectivity index (χ3n) is 2.53. The molecule has 102 valence electrons. The lowest BCUT2D eigenvalue weighted by molar-refractivity contribution is 0.378. The molecule has 0 aromatic carbocycles. The Morgan fingerprint density at radius 2 is 2.10 bits per heavy atom. The zero-order valence-corrected chi connectivity index (χ0v) is 11.6. The number of aromatic amines is 1. The van der Waals surface area contributed by atoms with Gasteiger partial charge in [-0.2, -0.15) is 10.1 Å². The highest BCUT2D eigenvalue weighted by Gasteiger charge is 2.14. The van der Waals surface area contributed by atoms with Gasteiger partial charge in [-0.05, 0) is 6.07 Å². The van der Waals surface area contributed by atoms with E-state index in [1.807, 2.05) is 0 Å². The van der Waals surface area contributed by atoms with Gasteiger partial charge in [-0.25, -0.2) is 9.97 Å².